The van der Waals surface area contributed by atoms with E-state index in [1.165, 1.54) is 4.80 Å². The van der Waals surface area contributed by atoms with Gasteiger partial charge in [-0.15, -0.1) is 5.10 Å². The lowest BCUT2D eigenvalue weighted by atomic mass is 10.1. The van der Waals surface area contributed by atoms with E-state index in [1.54, 1.807) is 25.2 Å². The number of nitrogens with zero attached hydrogens (tertiary/aromatic N) is 4. The van der Waals surface area contributed by atoms with E-state index in [2.05, 4.69) is 20.7 Å². The molecule has 0 saturated heterocycles. The van der Waals surface area contributed by atoms with Gasteiger partial charge in [0, 0.05) is 11.3 Å². The molecule has 0 aliphatic rings. The van der Waals surface area contributed by atoms with Crippen LogP contribution in [0.15, 0.2) is 18.2 Å². The van der Waals surface area contributed by atoms with Crippen molar-refractivity contribution in [2.75, 3.05) is 11.1 Å². The number of carbonyl (C=O) groups excluding carboxylic acids is 1. The Bertz CT molecular complexity index is 562. The van der Waals surface area contributed by atoms with Crippen LogP contribution in [-0.4, -0.2) is 26.1 Å². The predicted molar refractivity (Wildman–Crippen MR) is 62.3 cm³/mol. The molecule has 17 heavy (non-hydrogen) atoms. The monoisotopic (exact) mass is 232 g/mol. The summed E-state index contributed by atoms with van der Waals surface area (Å²) in [5.74, 6) is -0.137. The molecule has 1 aromatic heterocycles. The second kappa shape index (κ2) is 4.20. The summed E-state index contributed by atoms with van der Waals surface area (Å²) in [4.78, 5) is 13.2. The first-order valence-corrected chi connectivity index (χ1v) is 4.98. The van der Waals surface area contributed by atoms with Crippen LogP contribution < -0.4 is 11.1 Å². The van der Waals surface area contributed by atoms with Crippen molar-refractivity contribution in [2.24, 2.45) is 7.05 Å². The predicted octanol–water partition coefficient (Wildman–Crippen LogP) is 0.353. The van der Waals surface area contributed by atoms with Crippen LogP contribution in [0.2, 0.25) is 0 Å². The minimum atomic E-state index is -0.303. The number of nitrogen functional groups attached to an aromatic ring is 1. The second-order valence-corrected chi connectivity index (χ2v) is 3.63. The van der Waals surface area contributed by atoms with E-state index < -0.39 is 0 Å². The van der Waals surface area contributed by atoms with Crippen molar-refractivity contribution in [2.45, 2.75) is 6.92 Å². The summed E-state index contributed by atoms with van der Waals surface area (Å²) in [7, 11) is 1.62. The number of aromatic nitrogens is 4. The number of aryl methyl sites for hydroxylation is 2. The highest BCUT2D eigenvalue weighted by Gasteiger charge is 2.11. The number of nitrogens with two attached hydrogens (primary N) is 1. The average molecular weight is 232 g/mol. The number of anilines is 2. The van der Waals surface area contributed by atoms with Crippen molar-refractivity contribution in [1.29, 1.82) is 0 Å². The van der Waals surface area contributed by atoms with Crippen LogP contribution in [0, 0.1) is 6.92 Å². The zero-order valence-corrected chi connectivity index (χ0v) is 9.51. The van der Waals surface area contributed by atoms with Gasteiger partial charge < -0.3 is 5.73 Å². The van der Waals surface area contributed by atoms with E-state index >= 15 is 0 Å². The third-order valence-corrected chi connectivity index (χ3v) is 2.24. The molecule has 0 aliphatic heterocycles. The van der Waals surface area contributed by atoms with Crippen molar-refractivity contribution in [3.8, 4) is 0 Å². The van der Waals surface area contributed by atoms with E-state index in [1.807, 2.05) is 6.92 Å². The molecule has 1 amide bonds. The molecule has 0 spiro atoms. The molecule has 0 bridgehead atoms. The standard InChI is InChI=1S/C10H12N6O/c1-6-3-4-7(11)5-8(6)9(17)12-10-13-15-16(2)14-10/h3-5H,11H2,1-2H3,(H,12,14,17). The van der Waals surface area contributed by atoms with Gasteiger partial charge in [-0.3, -0.25) is 10.1 Å². The number of amides is 1. The van der Waals surface area contributed by atoms with E-state index in [0.29, 0.717) is 11.3 Å². The Kier molecular flexibility index (Phi) is 2.73. The lowest BCUT2D eigenvalue weighted by Crippen LogP contribution is -2.15. The van der Waals surface area contributed by atoms with Gasteiger partial charge in [0.15, 0.2) is 0 Å². The van der Waals surface area contributed by atoms with Gasteiger partial charge in [0.2, 0.25) is 0 Å². The van der Waals surface area contributed by atoms with Crippen LogP contribution in [0.1, 0.15) is 15.9 Å². The second-order valence-electron chi connectivity index (χ2n) is 3.63. The average Bonchev–Trinajstić information content (AvgIpc) is 2.67. The maximum Gasteiger partial charge on any atom is 0.270 e. The molecule has 3 N–H and O–H groups in total. The van der Waals surface area contributed by atoms with Crippen LogP contribution >= 0.6 is 0 Å². The Balaban J connectivity index is 2.22. The highest BCUT2D eigenvalue weighted by molar-refractivity contribution is 6.04. The molecule has 0 atom stereocenters. The molecule has 2 aromatic rings. The smallest absolute Gasteiger partial charge is 0.270 e. The number of carbonyl (C=O) groups is 1. The van der Waals surface area contributed by atoms with Gasteiger partial charge in [-0.05, 0) is 29.8 Å². The summed E-state index contributed by atoms with van der Waals surface area (Å²) in [5.41, 5.74) is 7.50. The Morgan fingerprint density at radius 2 is 2.24 bits per heavy atom. The van der Waals surface area contributed by atoms with Gasteiger partial charge in [-0.25, -0.2) is 0 Å². The Hall–Kier alpha value is -2.44. The van der Waals surface area contributed by atoms with Gasteiger partial charge in [-0.1, -0.05) is 11.2 Å². The third kappa shape index (κ3) is 2.39. The minimum absolute atomic E-state index is 0.166. The molecular formula is C10H12N6O. The molecule has 0 unspecified atom stereocenters. The van der Waals surface area contributed by atoms with Crippen LogP contribution in [0.4, 0.5) is 11.6 Å². The number of tetrazole rings is 1. The van der Waals surface area contributed by atoms with Gasteiger partial charge >= 0.3 is 0 Å². The molecule has 0 saturated carbocycles. The minimum Gasteiger partial charge on any atom is -0.399 e. The quantitative estimate of drug-likeness (QED) is 0.728. The first kappa shape index (κ1) is 11.1. The van der Waals surface area contributed by atoms with E-state index in [0.717, 1.165) is 5.56 Å². The summed E-state index contributed by atoms with van der Waals surface area (Å²) < 4.78 is 0. The molecule has 0 aliphatic carbocycles. The first-order valence-electron chi connectivity index (χ1n) is 4.98. The highest BCUT2D eigenvalue weighted by atomic mass is 16.1. The molecule has 1 aromatic carbocycles. The van der Waals surface area contributed by atoms with Gasteiger partial charge in [-0.2, -0.15) is 4.80 Å². The van der Waals surface area contributed by atoms with Gasteiger partial charge in [0.05, 0.1) is 7.05 Å². The summed E-state index contributed by atoms with van der Waals surface area (Å²) in [5, 5.41) is 13.7. The lowest BCUT2D eigenvalue weighted by Gasteiger charge is -2.05. The van der Waals surface area contributed by atoms with Crippen LogP contribution in [0.5, 0.6) is 0 Å². The number of nitrogens with one attached hydrogen (secondary N) is 1. The molecular weight excluding hydrogens is 220 g/mol. The van der Waals surface area contributed by atoms with Crippen molar-refractivity contribution in [3.05, 3.63) is 29.3 Å². The summed E-state index contributed by atoms with van der Waals surface area (Å²) in [6.45, 7) is 1.83. The number of hydrogen-bond acceptors (Lipinski definition) is 5. The molecule has 0 fully saturated rings. The van der Waals surface area contributed by atoms with E-state index in [9.17, 15) is 4.79 Å². The fourth-order valence-corrected chi connectivity index (χ4v) is 1.39. The highest BCUT2D eigenvalue weighted by Crippen LogP contribution is 2.13. The fourth-order valence-electron chi connectivity index (χ4n) is 1.39. The summed E-state index contributed by atoms with van der Waals surface area (Å²) in [6.07, 6.45) is 0. The molecule has 1 heterocycles. The maximum absolute atomic E-state index is 11.9. The molecule has 0 radical (unpaired) electrons. The van der Waals surface area contributed by atoms with Crippen LogP contribution in [0.25, 0.3) is 0 Å². The zero-order valence-electron chi connectivity index (χ0n) is 9.51. The number of benzene rings is 1. The largest absolute Gasteiger partial charge is 0.399 e. The zero-order chi connectivity index (χ0) is 12.4. The van der Waals surface area contributed by atoms with Crippen LogP contribution in [0.3, 0.4) is 0 Å². The normalized spacial score (nSPS) is 10.2. The molecule has 88 valence electrons. The van der Waals surface area contributed by atoms with E-state index in [4.69, 9.17) is 5.73 Å². The summed E-state index contributed by atoms with van der Waals surface area (Å²) in [6, 6.07) is 5.14. The molecule has 7 nitrogen and oxygen atoms in total. The topological polar surface area (TPSA) is 98.7 Å². The Morgan fingerprint density at radius 3 is 2.88 bits per heavy atom. The van der Waals surface area contributed by atoms with Gasteiger partial charge in [0.25, 0.3) is 11.9 Å². The van der Waals surface area contributed by atoms with Crippen LogP contribution in [-0.2, 0) is 7.05 Å². The van der Waals surface area contributed by atoms with E-state index in [-0.39, 0.29) is 11.9 Å². The van der Waals surface area contributed by atoms with Crippen molar-refractivity contribution in [1.82, 2.24) is 20.2 Å². The number of rotatable bonds is 2. The SMILES string of the molecule is Cc1ccc(N)cc1C(=O)Nc1nnn(C)n1. The number of hydrogen-bond donors (Lipinski definition) is 2. The third-order valence-electron chi connectivity index (χ3n) is 2.24. The Labute approximate surface area is 97.6 Å². The molecule has 7 heteroatoms. The van der Waals surface area contributed by atoms with Gasteiger partial charge in [0.1, 0.15) is 0 Å². The summed E-state index contributed by atoms with van der Waals surface area (Å²) >= 11 is 0. The van der Waals surface area contributed by atoms with Crippen molar-refractivity contribution in [3.63, 3.8) is 0 Å². The fraction of sp³-hybridized carbons (Fsp3) is 0.200. The van der Waals surface area contributed by atoms with Crippen molar-refractivity contribution < 1.29 is 4.79 Å². The first-order chi connectivity index (χ1) is 8.06. The van der Waals surface area contributed by atoms with Crippen molar-refractivity contribution >= 4 is 17.5 Å². The maximum atomic E-state index is 11.9. The molecule has 2 rings (SSSR count). The Morgan fingerprint density at radius 1 is 1.47 bits per heavy atom. The lowest BCUT2D eigenvalue weighted by molar-refractivity contribution is 0.102.